The van der Waals surface area contributed by atoms with Crippen LogP contribution in [0.5, 0.6) is 5.75 Å². The molecule has 0 aliphatic rings. The van der Waals surface area contributed by atoms with Crippen LogP contribution in [0.1, 0.15) is 5.56 Å². The molecule has 0 atom stereocenters. The molecule has 0 radical (unpaired) electrons. The van der Waals surface area contributed by atoms with Gasteiger partial charge in [-0.05, 0) is 42.8 Å². The van der Waals surface area contributed by atoms with E-state index < -0.39 is 26.4 Å². The SMILES string of the molecule is Cc1cc(NS(=O)(=O)c2ccc(O)c([N+](=O)[O-])c2)ccc1Br. The molecule has 0 saturated carbocycles. The van der Waals surface area contributed by atoms with Gasteiger partial charge in [0.05, 0.1) is 9.82 Å². The topological polar surface area (TPSA) is 110 Å². The van der Waals surface area contributed by atoms with Crippen LogP contribution in [0.25, 0.3) is 0 Å². The quantitative estimate of drug-likeness (QED) is 0.619. The number of nitro groups is 1. The van der Waals surface area contributed by atoms with Crippen molar-refractivity contribution in [1.29, 1.82) is 0 Å². The number of hydrogen-bond donors (Lipinski definition) is 2. The average Bonchev–Trinajstić information content (AvgIpc) is 2.42. The first-order valence-corrected chi connectivity index (χ1v) is 8.25. The molecule has 2 rings (SSSR count). The molecule has 0 aliphatic carbocycles. The first-order valence-electron chi connectivity index (χ1n) is 5.97. The van der Waals surface area contributed by atoms with Crippen LogP contribution in [0.4, 0.5) is 11.4 Å². The third kappa shape index (κ3) is 3.37. The highest BCUT2D eigenvalue weighted by Crippen LogP contribution is 2.29. The Morgan fingerprint density at radius 3 is 2.50 bits per heavy atom. The summed E-state index contributed by atoms with van der Waals surface area (Å²) in [5, 5.41) is 20.1. The molecule has 2 aromatic carbocycles. The molecule has 0 amide bonds. The number of nitro benzene ring substituents is 1. The lowest BCUT2D eigenvalue weighted by molar-refractivity contribution is -0.386. The van der Waals surface area contributed by atoms with Gasteiger partial charge in [0.2, 0.25) is 0 Å². The number of nitrogens with one attached hydrogen (secondary N) is 1. The average molecular weight is 387 g/mol. The first kappa shape index (κ1) is 16.2. The van der Waals surface area contributed by atoms with E-state index >= 15 is 0 Å². The van der Waals surface area contributed by atoms with E-state index in [4.69, 9.17) is 0 Å². The Morgan fingerprint density at radius 2 is 1.91 bits per heavy atom. The Balaban J connectivity index is 2.40. The minimum absolute atomic E-state index is 0.308. The van der Waals surface area contributed by atoms with Crippen LogP contribution in [0, 0.1) is 17.0 Å². The number of nitrogens with zero attached hydrogens (tertiary/aromatic N) is 1. The summed E-state index contributed by atoms with van der Waals surface area (Å²) in [6.07, 6.45) is 0. The molecule has 0 heterocycles. The number of phenolic OH excluding ortho intramolecular Hbond substituents is 1. The van der Waals surface area contributed by atoms with Crippen molar-refractivity contribution in [3.05, 3.63) is 56.5 Å². The maximum Gasteiger partial charge on any atom is 0.312 e. The van der Waals surface area contributed by atoms with Crippen molar-refractivity contribution in [3.63, 3.8) is 0 Å². The van der Waals surface area contributed by atoms with Crippen molar-refractivity contribution >= 4 is 37.3 Å². The number of sulfonamides is 1. The van der Waals surface area contributed by atoms with Crippen molar-refractivity contribution < 1.29 is 18.4 Å². The molecule has 7 nitrogen and oxygen atoms in total. The lowest BCUT2D eigenvalue weighted by Crippen LogP contribution is -2.13. The summed E-state index contributed by atoms with van der Waals surface area (Å²) in [7, 11) is -4.00. The molecular formula is C13H11BrN2O5S. The van der Waals surface area contributed by atoms with E-state index in [0.29, 0.717) is 5.69 Å². The second-order valence-electron chi connectivity index (χ2n) is 4.48. The molecule has 0 spiro atoms. The van der Waals surface area contributed by atoms with E-state index in [1.165, 1.54) is 0 Å². The fraction of sp³-hybridized carbons (Fsp3) is 0.0769. The third-order valence-electron chi connectivity index (χ3n) is 2.86. The summed E-state index contributed by atoms with van der Waals surface area (Å²) in [6, 6.07) is 7.74. The molecule has 0 unspecified atom stereocenters. The predicted molar refractivity (Wildman–Crippen MR) is 84.4 cm³/mol. The van der Waals surface area contributed by atoms with E-state index in [1.54, 1.807) is 25.1 Å². The lowest BCUT2D eigenvalue weighted by atomic mass is 10.2. The lowest BCUT2D eigenvalue weighted by Gasteiger charge is -2.09. The maximum absolute atomic E-state index is 12.3. The summed E-state index contributed by atoms with van der Waals surface area (Å²) in [6.45, 7) is 1.80. The van der Waals surface area contributed by atoms with Crippen LogP contribution in [0.2, 0.25) is 0 Å². The van der Waals surface area contributed by atoms with Crippen molar-refractivity contribution in [2.45, 2.75) is 11.8 Å². The molecule has 0 bridgehead atoms. The van der Waals surface area contributed by atoms with Crippen molar-refractivity contribution in [1.82, 2.24) is 0 Å². The highest BCUT2D eigenvalue weighted by atomic mass is 79.9. The number of rotatable bonds is 4. The molecule has 116 valence electrons. The van der Waals surface area contributed by atoms with Gasteiger partial charge < -0.3 is 5.11 Å². The fourth-order valence-electron chi connectivity index (χ4n) is 1.74. The number of halogens is 1. The zero-order valence-corrected chi connectivity index (χ0v) is 13.7. The Kier molecular flexibility index (Phi) is 4.38. The van der Waals surface area contributed by atoms with E-state index in [9.17, 15) is 23.6 Å². The summed E-state index contributed by atoms with van der Waals surface area (Å²) in [5.74, 6) is -0.594. The van der Waals surface area contributed by atoms with Crippen molar-refractivity contribution in [2.24, 2.45) is 0 Å². The van der Waals surface area contributed by atoms with Gasteiger partial charge in [-0.25, -0.2) is 8.42 Å². The minimum Gasteiger partial charge on any atom is -0.502 e. The Labute approximate surface area is 134 Å². The smallest absolute Gasteiger partial charge is 0.312 e. The molecular weight excluding hydrogens is 376 g/mol. The molecule has 0 aromatic heterocycles. The second kappa shape index (κ2) is 5.93. The highest BCUT2D eigenvalue weighted by molar-refractivity contribution is 9.10. The number of aromatic hydroxyl groups is 1. The number of benzene rings is 2. The van der Waals surface area contributed by atoms with Gasteiger partial charge in [0.1, 0.15) is 0 Å². The number of aryl methyl sites for hydroxylation is 1. The zero-order valence-electron chi connectivity index (χ0n) is 11.3. The fourth-order valence-corrected chi connectivity index (χ4v) is 3.05. The van der Waals surface area contributed by atoms with E-state index in [-0.39, 0.29) is 4.90 Å². The van der Waals surface area contributed by atoms with Gasteiger partial charge >= 0.3 is 5.69 Å². The normalized spacial score (nSPS) is 11.2. The molecule has 2 aromatic rings. The van der Waals surface area contributed by atoms with Gasteiger partial charge in [-0.2, -0.15) is 0 Å². The molecule has 0 fully saturated rings. The number of anilines is 1. The third-order valence-corrected chi connectivity index (χ3v) is 5.13. The van der Waals surface area contributed by atoms with Gasteiger partial charge in [0.15, 0.2) is 5.75 Å². The Morgan fingerprint density at radius 1 is 1.23 bits per heavy atom. The molecule has 0 saturated heterocycles. The molecule has 0 aliphatic heterocycles. The van der Waals surface area contributed by atoms with Gasteiger partial charge in [-0.3, -0.25) is 14.8 Å². The van der Waals surface area contributed by atoms with Gasteiger partial charge in [-0.1, -0.05) is 15.9 Å². The molecule has 22 heavy (non-hydrogen) atoms. The van der Waals surface area contributed by atoms with Gasteiger partial charge in [0, 0.05) is 16.2 Å². The zero-order chi connectivity index (χ0) is 16.5. The summed E-state index contributed by atoms with van der Waals surface area (Å²) in [4.78, 5) is 9.61. The van der Waals surface area contributed by atoms with Crippen LogP contribution < -0.4 is 4.72 Å². The van der Waals surface area contributed by atoms with Gasteiger partial charge in [0.25, 0.3) is 10.0 Å². The van der Waals surface area contributed by atoms with Crippen LogP contribution in [0.15, 0.2) is 45.8 Å². The number of hydrogen-bond acceptors (Lipinski definition) is 5. The monoisotopic (exact) mass is 386 g/mol. The van der Waals surface area contributed by atoms with Crippen LogP contribution in [0.3, 0.4) is 0 Å². The summed E-state index contributed by atoms with van der Waals surface area (Å²) < 4.78 is 27.7. The molecule has 9 heteroatoms. The largest absolute Gasteiger partial charge is 0.502 e. The Hall–Kier alpha value is -2.13. The number of phenols is 1. The van der Waals surface area contributed by atoms with Crippen LogP contribution in [-0.2, 0) is 10.0 Å². The van der Waals surface area contributed by atoms with Gasteiger partial charge in [-0.15, -0.1) is 0 Å². The molecule has 2 N–H and O–H groups in total. The maximum atomic E-state index is 12.3. The first-order chi connectivity index (χ1) is 10.2. The predicted octanol–water partition coefficient (Wildman–Crippen LogP) is 3.17. The van der Waals surface area contributed by atoms with Crippen molar-refractivity contribution in [3.8, 4) is 5.75 Å². The minimum atomic E-state index is -4.00. The van der Waals surface area contributed by atoms with Crippen LogP contribution >= 0.6 is 15.9 Å². The standard InChI is InChI=1S/C13H11BrN2O5S/c1-8-6-9(2-4-11(8)14)15-22(20,21)10-3-5-13(17)12(7-10)16(18)19/h2-7,15,17H,1H3. The highest BCUT2D eigenvalue weighted by Gasteiger charge is 2.21. The summed E-state index contributed by atoms with van der Waals surface area (Å²) in [5.41, 5.74) is 0.489. The van der Waals surface area contributed by atoms with Crippen molar-refractivity contribution in [2.75, 3.05) is 4.72 Å². The van der Waals surface area contributed by atoms with E-state index in [0.717, 1.165) is 28.2 Å². The summed E-state index contributed by atoms with van der Waals surface area (Å²) >= 11 is 3.31. The van der Waals surface area contributed by atoms with Crippen LogP contribution in [-0.4, -0.2) is 18.4 Å². The van der Waals surface area contributed by atoms with E-state index in [1.807, 2.05) is 0 Å². The Bertz CT molecular complexity index is 852. The van der Waals surface area contributed by atoms with E-state index in [2.05, 4.69) is 20.7 Å². The second-order valence-corrected chi connectivity index (χ2v) is 7.01.